The fourth-order valence-electron chi connectivity index (χ4n) is 3.62. The fourth-order valence-corrected chi connectivity index (χ4v) is 3.62. The molecule has 0 bridgehead atoms. The van der Waals surface area contributed by atoms with Crippen molar-refractivity contribution in [3.05, 3.63) is 53.3 Å². The second-order valence-corrected chi connectivity index (χ2v) is 7.38. The highest BCUT2D eigenvalue weighted by molar-refractivity contribution is 14.0. The fraction of sp³-hybridized carbons (Fsp3) is 0.478. The number of nitrogens with zero attached hydrogens (tertiary/aromatic N) is 4. The minimum absolute atomic E-state index is 0. The Morgan fingerprint density at radius 3 is 2.55 bits per heavy atom. The number of aliphatic imine (C=N–C) groups is 1. The summed E-state index contributed by atoms with van der Waals surface area (Å²) >= 11 is 0. The second kappa shape index (κ2) is 12.7. The number of guanidine groups is 1. The van der Waals surface area contributed by atoms with Crippen LogP contribution in [0.2, 0.25) is 0 Å². The lowest BCUT2D eigenvalue weighted by Gasteiger charge is -2.36. The monoisotopic (exact) mass is 539 g/mol. The van der Waals surface area contributed by atoms with Crippen molar-refractivity contribution in [1.29, 1.82) is 0 Å². The summed E-state index contributed by atoms with van der Waals surface area (Å²) in [6.45, 7) is 10.3. The zero-order valence-electron chi connectivity index (χ0n) is 18.9. The second-order valence-electron chi connectivity index (χ2n) is 7.38. The van der Waals surface area contributed by atoms with Crippen molar-refractivity contribution in [3.63, 3.8) is 0 Å². The molecule has 1 aromatic heterocycles. The molecule has 0 unspecified atom stereocenters. The molecule has 2 aromatic rings. The third-order valence-corrected chi connectivity index (χ3v) is 5.38. The summed E-state index contributed by atoms with van der Waals surface area (Å²) in [5, 5.41) is 3.43. The number of hydrogen-bond acceptors (Lipinski definition) is 5. The van der Waals surface area contributed by atoms with Gasteiger partial charge in [0.15, 0.2) is 5.96 Å². The van der Waals surface area contributed by atoms with Crippen molar-refractivity contribution >= 4 is 29.9 Å². The number of hydrogen-bond donors (Lipinski definition) is 1. The zero-order chi connectivity index (χ0) is 21.3. The van der Waals surface area contributed by atoms with Crippen LogP contribution >= 0.6 is 24.0 Å². The van der Waals surface area contributed by atoms with Gasteiger partial charge < -0.3 is 19.7 Å². The van der Waals surface area contributed by atoms with Gasteiger partial charge in [-0.25, -0.2) is 4.99 Å². The molecular formula is C23H34IN5O2. The number of pyridine rings is 1. The Hall–Kier alpha value is -2.07. The Morgan fingerprint density at radius 1 is 1.13 bits per heavy atom. The van der Waals surface area contributed by atoms with E-state index in [1.807, 2.05) is 24.4 Å². The summed E-state index contributed by atoms with van der Waals surface area (Å²) in [4.78, 5) is 14.1. The van der Waals surface area contributed by atoms with Crippen molar-refractivity contribution in [3.8, 4) is 11.5 Å². The summed E-state index contributed by atoms with van der Waals surface area (Å²) in [5.74, 6) is 2.72. The zero-order valence-corrected chi connectivity index (χ0v) is 21.3. The molecule has 3 rings (SSSR count). The first-order valence-corrected chi connectivity index (χ1v) is 10.5. The van der Waals surface area contributed by atoms with Gasteiger partial charge in [0, 0.05) is 51.0 Å². The lowest BCUT2D eigenvalue weighted by atomic mass is 10.1. The topological polar surface area (TPSA) is 62.2 Å². The predicted octanol–water partition coefficient (Wildman–Crippen LogP) is 3.31. The molecule has 0 radical (unpaired) electrons. The van der Waals surface area contributed by atoms with E-state index in [-0.39, 0.29) is 24.0 Å². The van der Waals surface area contributed by atoms with Crippen molar-refractivity contribution in [1.82, 2.24) is 20.1 Å². The molecule has 7 nitrogen and oxygen atoms in total. The molecule has 170 valence electrons. The van der Waals surface area contributed by atoms with Gasteiger partial charge in [-0.15, -0.1) is 24.0 Å². The summed E-state index contributed by atoms with van der Waals surface area (Å²) in [7, 11) is 3.41. The molecule has 1 fully saturated rings. The summed E-state index contributed by atoms with van der Waals surface area (Å²) in [6, 6.07) is 10.0. The normalized spacial score (nSPS) is 14.7. The average Bonchev–Trinajstić information content (AvgIpc) is 2.78. The van der Waals surface area contributed by atoms with Crippen LogP contribution in [0.4, 0.5) is 0 Å². The highest BCUT2D eigenvalue weighted by Gasteiger charge is 2.21. The lowest BCUT2D eigenvalue weighted by molar-refractivity contribution is 0.171. The number of rotatable bonds is 7. The largest absolute Gasteiger partial charge is 0.497 e. The van der Waals surface area contributed by atoms with Crippen LogP contribution < -0.4 is 14.8 Å². The first kappa shape index (κ1) is 25.2. The van der Waals surface area contributed by atoms with Crippen molar-refractivity contribution in [2.75, 3.05) is 46.9 Å². The van der Waals surface area contributed by atoms with Gasteiger partial charge in [-0.05, 0) is 43.7 Å². The average molecular weight is 539 g/mol. The highest BCUT2D eigenvalue weighted by atomic mass is 127. The molecule has 1 saturated heterocycles. The number of halogens is 1. The number of ether oxygens (including phenoxy) is 2. The number of methoxy groups -OCH3 is 2. The predicted molar refractivity (Wildman–Crippen MR) is 136 cm³/mol. The molecule has 0 amide bonds. The van der Waals surface area contributed by atoms with Crippen LogP contribution in [0.1, 0.15) is 23.7 Å². The first-order chi connectivity index (χ1) is 14.6. The van der Waals surface area contributed by atoms with E-state index in [4.69, 9.17) is 14.5 Å². The molecule has 31 heavy (non-hydrogen) atoms. The van der Waals surface area contributed by atoms with Gasteiger partial charge in [-0.2, -0.15) is 0 Å². The maximum absolute atomic E-state index is 5.53. The number of aryl methyl sites for hydroxylation is 1. The van der Waals surface area contributed by atoms with Gasteiger partial charge in [0.1, 0.15) is 11.5 Å². The molecule has 8 heteroatoms. The molecular weight excluding hydrogens is 505 g/mol. The van der Waals surface area contributed by atoms with Crippen LogP contribution in [0, 0.1) is 6.92 Å². The first-order valence-electron chi connectivity index (χ1n) is 10.5. The van der Waals surface area contributed by atoms with E-state index in [2.05, 4.69) is 46.1 Å². The van der Waals surface area contributed by atoms with Gasteiger partial charge in [-0.1, -0.05) is 6.07 Å². The quantitative estimate of drug-likeness (QED) is 0.331. The Morgan fingerprint density at radius 2 is 1.90 bits per heavy atom. The number of aromatic nitrogens is 1. The summed E-state index contributed by atoms with van der Waals surface area (Å²) < 4.78 is 10.9. The van der Waals surface area contributed by atoms with E-state index in [9.17, 15) is 0 Å². The van der Waals surface area contributed by atoms with Gasteiger partial charge in [0.2, 0.25) is 0 Å². The Bertz CT molecular complexity index is 854. The van der Waals surface area contributed by atoms with E-state index in [1.54, 1.807) is 14.2 Å². The SMILES string of the molecule is CCNC(=NCc1ncccc1C)N1CCN(Cc2cc(OC)ccc2OC)CC1.I. The molecule has 0 saturated carbocycles. The van der Waals surface area contributed by atoms with E-state index in [0.29, 0.717) is 6.54 Å². The lowest BCUT2D eigenvalue weighted by Crippen LogP contribution is -2.52. The van der Waals surface area contributed by atoms with Crippen LogP contribution in [0.3, 0.4) is 0 Å². The van der Waals surface area contributed by atoms with Gasteiger partial charge >= 0.3 is 0 Å². The van der Waals surface area contributed by atoms with Gasteiger partial charge in [0.05, 0.1) is 26.5 Å². The van der Waals surface area contributed by atoms with Crippen LogP contribution in [-0.2, 0) is 13.1 Å². The molecule has 1 aliphatic heterocycles. The standard InChI is InChI=1S/C23H33N5O2.HI/c1-5-24-23(26-16-21-18(2)7-6-10-25-21)28-13-11-27(12-14-28)17-19-15-20(29-3)8-9-22(19)30-4;/h6-10,15H,5,11-14,16-17H2,1-4H3,(H,24,26);1H. The maximum Gasteiger partial charge on any atom is 0.194 e. The molecule has 0 atom stereocenters. The van der Waals surface area contributed by atoms with Crippen molar-refractivity contribution < 1.29 is 9.47 Å². The maximum atomic E-state index is 5.53. The van der Waals surface area contributed by atoms with Crippen molar-refractivity contribution in [2.24, 2.45) is 4.99 Å². The molecule has 2 heterocycles. The molecule has 0 spiro atoms. The third kappa shape index (κ3) is 6.96. The van der Waals surface area contributed by atoms with Crippen molar-refractivity contribution in [2.45, 2.75) is 26.9 Å². The third-order valence-electron chi connectivity index (χ3n) is 5.38. The molecule has 1 aliphatic rings. The van der Waals surface area contributed by atoms with Crippen LogP contribution in [0.5, 0.6) is 11.5 Å². The molecule has 1 N–H and O–H groups in total. The highest BCUT2D eigenvalue weighted by Crippen LogP contribution is 2.25. The smallest absolute Gasteiger partial charge is 0.194 e. The Kier molecular flexibility index (Phi) is 10.3. The van der Waals surface area contributed by atoms with E-state index < -0.39 is 0 Å². The van der Waals surface area contributed by atoms with E-state index in [1.165, 1.54) is 5.56 Å². The Labute approximate surface area is 202 Å². The van der Waals surface area contributed by atoms with Gasteiger partial charge in [-0.3, -0.25) is 9.88 Å². The number of benzene rings is 1. The molecule has 1 aromatic carbocycles. The van der Waals surface area contributed by atoms with E-state index >= 15 is 0 Å². The van der Waals surface area contributed by atoms with E-state index in [0.717, 1.165) is 68.0 Å². The van der Waals surface area contributed by atoms with Crippen LogP contribution in [0.15, 0.2) is 41.5 Å². The minimum Gasteiger partial charge on any atom is -0.497 e. The Balaban J connectivity index is 0.00000341. The number of piperazine rings is 1. The molecule has 0 aliphatic carbocycles. The minimum atomic E-state index is 0. The summed E-state index contributed by atoms with van der Waals surface area (Å²) in [6.07, 6.45) is 1.83. The van der Waals surface area contributed by atoms with Crippen LogP contribution in [0.25, 0.3) is 0 Å². The summed E-state index contributed by atoms with van der Waals surface area (Å²) in [5.41, 5.74) is 3.35. The van der Waals surface area contributed by atoms with Crippen LogP contribution in [-0.4, -0.2) is 67.7 Å². The van der Waals surface area contributed by atoms with Gasteiger partial charge in [0.25, 0.3) is 0 Å². The number of nitrogens with one attached hydrogen (secondary N) is 1.